The second-order valence-corrected chi connectivity index (χ2v) is 11.2. The highest BCUT2D eigenvalue weighted by atomic mass is 32.2. The zero-order valence-corrected chi connectivity index (χ0v) is 19.4. The van der Waals surface area contributed by atoms with Gasteiger partial charge in [-0.3, -0.25) is 4.79 Å². The highest BCUT2D eigenvalue weighted by Crippen LogP contribution is 2.25. The van der Waals surface area contributed by atoms with Crippen LogP contribution in [0.25, 0.3) is 11.1 Å². The molecule has 4 rings (SSSR count). The summed E-state index contributed by atoms with van der Waals surface area (Å²) in [5.41, 5.74) is 3.31. The van der Waals surface area contributed by atoms with Crippen molar-refractivity contribution in [2.24, 2.45) is 5.92 Å². The van der Waals surface area contributed by atoms with Crippen LogP contribution in [0.2, 0.25) is 0 Å². The Labute approximate surface area is 191 Å². The van der Waals surface area contributed by atoms with Crippen LogP contribution in [-0.2, 0) is 21.1 Å². The number of rotatable bonds is 8. The Morgan fingerprint density at radius 1 is 1.12 bits per heavy atom. The molecule has 32 heavy (non-hydrogen) atoms. The van der Waals surface area contributed by atoms with E-state index in [0.717, 1.165) is 16.7 Å². The standard InChI is InChI=1S/C23H25N3O4S2/c1-16(18-7-9-20(10-8-18)19-5-3-2-4-6-19)24-21(27)14-31-23-26-25-22(30-23)13-17-11-12-32(28,29)15-17/h2-10,16-17H,11-15H2,1H3,(H,24,27). The van der Waals surface area contributed by atoms with Gasteiger partial charge in [-0.05, 0) is 36.0 Å². The number of carbonyl (C=O) groups is 1. The molecule has 0 bridgehead atoms. The number of carbonyl (C=O) groups excluding carboxylic acids is 1. The number of thioether (sulfide) groups is 1. The molecule has 1 N–H and O–H groups in total. The zero-order valence-electron chi connectivity index (χ0n) is 17.7. The Kier molecular flexibility index (Phi) is 6.95. The lowest BCUT2D eigenvalue weighted by Gasteiger charge is -2.14. The Balaban J connectivity index is 1.25. The normalized spacial score (nSPS) is 18.3. The summed E-state index contributed by atoms with van der Waals surface area (Å²) in [7, 11) is -2.93. The van der Waals surface area contributed by atoms with Crippen molar-refractivity contribution >= 4 is 27.5 Å². The molecule has 0 saturated carbocycles. The van der Waals surface area contributed by atoms with E-state index in [1.54, 1.807) is 0 Å². The molecule has 0 spiro atoms. The van der Waals surface area contributed by atoms with Crippen molar-refractivity contribution in [1.82, 2.24) is 15.5 Å². The van der Waals surface area contributed by atoms with Gasteiger partial charge >= 0.3 is 0 Å². The maximum absolute atomic E-state index is 12.4. The molecule has 1 aliphatic rings. The number of aromatic nitrogens is 2. The molecule has 9 heteroatoms. The summed E-state index contributed by atoms with van der Waals surface area (Å²) < 4.78 is 28.7. The van der Waals surface area contributed by atoms with E-state index in [2.05, 4.69) is 39.8 Å². The summed E-state index contributed by atoms with van der Waals surface area (Å²) in [6, 6.07) is 18.2. The van der Waals surface area contributed by atoms with E-state index >= 15 is 0 Å². The molecule has 2 unspecified atom stereocenters. The van der Waals surface area contributed by atoms with Gasteiger partial charge in [0.15, 0.2) is 9.84 Å². The molecule has 7 nitrogen and oxygen atoms in total. The molecule has 1 aromatic heterocycles. The first-order valence-electron chi connectivity index (χ1n) is 10.5. The van der Waals surface area contributed by atoms with Gasteiger partial charge in [-0.25, -0.2) is 8.42 Å². The molecular formula is C23H25N3O4S2. The molecule has 2 heterocycles. The van der Waals surface area contributed by atoms with Gasteiger partial charge in [0, 0.05) is 6.42 Å². The highest BCUT2D eigenvalue weighted by Gasteiger charge is 2.29. The van der Waals surface area contributed by atoms with Crippen LogP contribution < -0.4 is 5.32 Å². The average Bonchev–Trinajstić information content (AvgIpc) is 3.38. The maximum atomic E-state index is 12.4. The van der Waals surface area contributed by atoms with Gasteiger partial charge < -0.3 is 9.73 Å². The molecule has 0 aliphatic carbocycles. The van der Waals surface area contributed by atoms with Crippen LogP contribution in [0.3, 0.4) is 0 Å². The van der Waals surface area contributed by atoms with Crippen LogP contribution in [0.5, 0.6) is 0 Å². The van der Waals surface area contributed by atoms with E-state index in [1.165, 1.54) is 11.8 Å². The highest BCUT2D eigenvalue weighted by molar-refractivity contribution is 7.99. The number of amides is 1. The third kappa shape index (κ3) is 5.98. The largest absolute Gasteiger partial charge is 0.416 e. The first-order valence-corrected chi connectivity index (χ1v) is 13.3. The van der Waals surface area contributed by atoms with Gasteiger partial charge in [0.1, 0.15) is 0 Å². The van der Waals surface area contributed by atoms with Gasteiger partial charge in [0.25, 0.3) is 5.22 Å². The number of nitrogens with zero attached hydrogens (tertiary/aromatic N) is 2. The van der Waals surface area contributed by atoms with E-state index in [-0.39, 0.29) is 35.1 Å². The van der Waals surface area contributed by atoms with Crippen molar-refractivity contribution in [2.45, 2.75) is 31.0 Å². The Bertz CT molecular complexity index is 1160. The fourth-order valence-corrected chi connectivity index (χ4v) is 6.20. The summed E-state index contributed by atoms with van der Waals surface area (Å²) in [4.78, 5) is 12.4. The lowest BCUT2D eigenvalue weighted by atomic mass is 10.0. The Morgan fingerprint density at radius 2 is 1.84 bits per heavy atom. The molecule has 1 aliphatic heterocycles. The topological polar surface area (TPSA) is 102 Å². The third-order valence-electron chi connectivity index (χ3n) is 5.46. The summed E-state index contributed by atoms with van der Waals surface area (Å²) in [5, 5.41) is 11.2. The van der Waals surface area contributed by atoms with E-state index < -0.39 is 9.84 Å². The first-order chi connectivity index (χ1) is 15.4. The van der Waals surface area contributed by atoms with Crippen molar-refractivity contribution in [3.8, 4) is 11.1 Å². The van der Waals surface area contributed by atoms with Crippen molar-refractivity contribution in [3.05, 3.63) is 66.1 Å². The molecular weight excluding hydrogens is 446 g/mol. The van der Waals surface area contributed by atoms with Crippen LogP contribution in [-0.4, -0.2) is 41.8 Å². The average molecular weight is 472 g/mol. The number of sulfone groups is 1. The second kappa shape index (κ2) is 9.87. The summed E-state index contributed by atoms with van der Waals surface area (Å²) in [6.45, 7) is 1.94. The first kappa shape index (κ1) is 22.5. The number of benzene rings is 2. The Morgan fingerprint density at radius 3 is 2.53 bits per heavy atom. The quantitative estimate of drug-likeness (QED) is 0.500. The van der Waals surface area contributed by atoms with Gasteiger partial charge in [0.2, 0.25) is 11.8 Å². The molecule has 168 valence electrons. The summed E-state index contributed by atoms with van der Waals surface area (Å²) in [6.07, 6.45) is 1.08. The lowest BCUT2D eigenvalue weighted by molar-refractivity contribution is -0.119. The molecule has 1 fully saturated rings. The van der Waals surface area contributed by atoms with Crippen LogP contribution in [0.15, 0.2) is 64.2 Å². The number of nitrogens with one attached hydrogen (secondary N) is 1. The molecule has 3 aromatic rings. The number of hydrogen-bond acceptors (Lipinski definition) is 7. The van der Waals surface area contributed by atoms with Crippen molar-refractivity contribution in [2.75, 3.05) is 17.3 Å². The van der Waals surface area contributed by atoms with Crippen molar-refractivity contribution in [3.63, 3.8) is 0 Å². The zero-order chi connectivity index (χ0) is 22.6. The fraction of sp³-hybridized carbons (Fsp3) is 0.348. The SMILES string of the molecule is CC(NC(=O)CSc1nnc(CC2CCS(=O)(=O)C2)o1)c1ccc(-c2ccccc2)cc1. The monoisotopic (exact) mass is 471 g/mol. The third-order valence-corrected chi connectivity index (χ3v) is 8.12. The van der Waals surface area contributed by atoms with Gasteiger partial charge in [-0.15, -0.1) is 10.2 Å². The molecule has 0 radical (unpaired) electrons. The maximum Gasteiger partial charge on any atom is 0.277 e. The molecule has 2 aromatic carbocycles. The van der Waals surface area contributed by atoms with Crippen LogP contribution in [0.1, 0.15) is 30.8 Å². The molecule has 2 atom stereocenters. The minimum absolute atomic E-state index is 0.0238. The van der Waals surface area contributed by atoms with E-state index in [0.29, 0.717) is 24.0 Å². The predicted octanol–water partition coefficient (Wildman–Crippen LogP) is 3.68. The smallest absolute Gasteiger partial charge is 0.277 e. The van der Waals surface area contributed by atoms with Crippen molar-refractivity contribution < 1.29 is 17.6 Å². The van der Waals surface area contributed by atoms with E-state index in [4.69, 9.17) is 4.42 Å². The lowest BCUT2D eigenvalue weighted by Crippen LogP contribution is -2.28. The van der Waals surface area contributed by atoms with Gasteiger partial charge in [0.05, 0.1) is 23.3 Å². The van der Waals surface area contributed by atoms with E-state index in [1.807, 2.05) is 37.3 Å². The van der Waals surface area contributed by atoms with Gasteiger partial charge in [-0.2, -0.15) is 0 Å². The fourth-order valence-electron chi connectivity index (χ4n) is 3.75. The van der Waals surface area contributed by atoms with E-state index in [9.17, 15) is 13.2 Å². The Hall–Kier alpha value is -2.65. The van der Waals surface area contributed by atoms with Crippen LogP contribution in [0, 0.1) is 5.92 Å². The molecule has 1 amide bonds. The second-order valence-electron chi connectivity index (χ2n) is 8.00. The number of hydrogen-bond donors (Lipinski definition) is 1. The minimum atomic E-state index is -2.93. The van der Waals surface area contributed by atoms with Crippen LogP contribution >= 0.6 is 11.8 Å². The predicted molar refractivity (Wildman–Crippen MR) is 124 cm³/mol. The summed E-state index contributed by atoms with van der Waals surface area (Å²) >= 11 is 1.17. The van der Waals surface area contributed by atoms with Crippen molar-refractivity contribution in [1.29, 1.82) is 0 Å². The molecule has 1 saturated heterocycles. The van der Waals surface area contributed by atoms with Crippen LogP contribution in [0.4, 0.5) is 0 Å². The minimum Gasteiger partial charge on any atom is -0.416 e. The summed E-state index contributed by atoms with van der Waals surface area (Å²) in [5.74, 6) is 0.866. The van der Waals surface area contributed by atoms with Gasteiger partial charge in [-0.1, -0.05) is 66.4 Å².